The van der Waals surface area contributed by atoms with Gasteiger partial charge in [-0.15, -0.1) is 0 Å². The average Bonchev–Trinajstić information content (AvgIpc) is 2.50. The molecule has 3 nitrogen and oxygen atoms in total. The highest BCUT2D eigenvalue weighted by atomic mass is 16.5. The van der Waals surface area contributed by atoms with E-state index in [9.17, 15) is 0 Å². The van der Waals surface area contributed by atoms with Gasteiger partial charge in [0, 0.05) is 17.7 Å². The Kier molecular flexibility index (Phi) is 2.82. The molecule has 1 aliphatic carbocycles. The molecule has 0 aromatic heterocycles. The second-order valence-electron chi connectivity index (χ2n) is 5.26. The standard InChI is InChI=1S/C11H22N2O/c1-10(6-8-14-9-10)13-7-5-11(12)3-2-4-11/h13H,2-9,12H2,1H3. The first-order valence-corrected chi connectivity index (χ1v) is 5.74. The van der Waals surface area contributed by atoms with Gasteiger partial charge in [-0.1, -0.05) is 0 Å². The average molecular weight is 198 g/mol. The van der Waals surface area contributed by atoms with E-state index in [4.69, 9.17) is 10.5 Å². The first-order chi connectivity index (χ1) is 6.62. The molecule has 0 bridgehead atoms. The van der Waals surface area contributed by atoms with Crippen molar-refractivity contribution in [2.75, 3.05) is 19.8 Å². The summed E-state index contributed by atoms with van der Waals surface area (Å²) in [7, 11) is 0. The van der Waals surface area contributed by atoms with E-state index in [0.29, 0.717) is 0 Å². The molecule has 0 aromatic rings. The smallest absolute Gasteiger partial charge is 0.0646 e. The fourth-order valence-electron chi connectivity index (χ4n) is 2.30. The van der Waals surface area contributed by atoms with Gasteiger partial charge < -0.3 is 15.8 Å². The molecular weight excluding hydrogens is 176 g/mol. The second-order valence-corrected chi connectivity index (χ2v) is 5.26. The lowest BCUT2D eigenvalue weighted by Crippen LogP contribution is -2.51. The maximum Gasteiger partial charge on any atom is 0.0646 e. The highest BCUT2D eigenvalue weighted by Gasteiger charge is 2.34. The molecule has 2 fully saturated rings. The summed E-state index contributed by atoms with van der Waals surface area (Å²) in [6.07, 6.45) is 5.98. The van der Waals surface area contributed by atoms with E-state index in [1.807, 2.05) is 0 Å². The Morgan fingerprint density at radius 2 is 2.14 bits per heavy atom. The van der Waals surface area contributed by atoms with Gasteiger partial charge in [0.15, 0.2) is 0 Å². The number of hydrogen-bond donors (Lipinski definition) is 2. The summed E-state index contributed by atoms with van der Waals surface area (Å²) in [4.78, 5) is 0. The molecule has 0 aromatic carbocycles. The first kappa shape index (κ1) is 10.4. The maximum atomic E-state index is 6.16. The van der Waals surface area contributed by atoms with Gasteiger partial charge in [0.2, 0.25) is 0 Å². The van der Waals surface area contributed by atoms with Crippen molar-refractivity contribution < 1.29 is 4.74 Å². The van der Waals surface area contributed by atoms with Crippen LogP contribution in [0.3, 0.4) is 0 Å². The van der Waals surface area contributed by atoms with Crippen LogP contribution in [0.2, 0.25) is 0 Å². The number of hydrogen-bond acceptors (Lipinski definition) is 3. The van der Waals surface area contributed by atoms with Crippen LogP contribution < -0.4 is 11.1 Å². The fourth-order valence-corrected chi connectivity index (χ4v) is 2.30. The largest absolute Gasteiger partial charge is 0.379 e. The van der Waals surface area contributed by atoms with Crippen molar-refractivity contribution in [3.8, 4) is 0 Å². The lowest BCUT2D eigenvalue weighted by Gasteiger charge is -2.39. The van der Waals surface area contributed by atoms with Gasteiger partial charge >= 0.3 is 0 Å². The summed E-state index contributed by atoms with van der Waals surface area (Å²) in [5, 5.41) is 3.58. The van der Waals surface area contributed by atoms with E-state index in [2.05, 4.69) is 12.2 Å². The SMILES string of the molecule is CC1(NCCC2(N)CCC2)CCOC1. The van der Waals surface area contributed by atoms with E-state index in [0.717, 1.165) is 32.6 Å². The number of rotatable bonds is 4. The molecule has 1 heterocycles. The van der Waals surface area contributed by atoms with Crippen molar-refractivity contribution in [2.24, 2.45) is 5.73 Å². The summed E-state index contributed by atoms with van der Waals surface area (Å²) in [5.74, 6) is 0. The molecular formula is C11H22N2O. The second kappa shape index (κ2) is 3.80. The zero-order chi connectivity index (χ0) is 10.1. The predicted octanol–water partition coefficient (Wildman–Crippen LogP) is 1.03. The molecule has 0 spiro atoms. The van der Waals surface area contributed by atoms with Crippen LogP contribution in [0.15, 0.2) is 0 Å². The van der Waals surface area contributed by atoms with Crippen molar-refractivity contribution in [1.82, 2.24) is 5.32 Å². The predicted molar refractivity (Wildman–Crippen MR) is 57.2 cm³/mol. The third-order valence-corrected chi connectivity index (χ3v) is 3.74. The summed E-state index contributed by atoms with van der Waals surface area (Å²) in [6.45, 7) is 5.03. The minimum Gasteiger partial charge on any atom is -0.379 e. The van der Waals surface area contributed by atoms with Crippen LogP contribution >= 0.6 is 0 Å². The van der Waals surface area contributed by atoms with Crippen LogP contribution in [-0.4, -0.2) is 30.8 Å². The van der Waals surface area contributed by atoms with Crippen LogP contribution in [0.5, 0.6) is 0 Å². The van der Waals surface area contributed by atoms with E-state index in [1.165, 1.54) is 19.3 Å². The Labute approximate surface area is 86.4 Å². The molecule has 1 aliphatic heterocycles. The van der Waals surface area contributed by atoms with Crippen LogP contribution in [0.1, 0.15) is 39.0 Å². The Morgan fingerprint density at radius 1 is 1.36 bits per heavy atom. The lowest BCUT2D eigenvalue weighted by molar-refractivity contribution is 0.166. The minimum absolute atomic E-state index is 0.156. The van der Waals surface area contributed by atoms with Crippen LogP contribution in [0.25, 0.3) is 0 Å². The van der Waals surface area contributed by atoms with Gasteiger partial charge in [-0.25, -0.2) is 0 Å². The first-order valence-electron chi connectivity index (χ1n) is 5.74. The molecule has 0 radical (unpaired) electrons. The fraction of sp³-hybridized carbons (Fsp3) is 1.00. The van der Waals surface area contributed by atoms with Crippen LogP contribution in [0, 0.1) is 0 Å². The van der Waals surface area contributed by atoms with Crippen molar-refractivity contribution in [3.63, 3.8) is 0 Å². The van der Waals surface area contributed by atoms with Crippen LogP contribution in [-0.2, 0) is 4.74 Å². The Hall–Kier alpha value is -0.120. The number of nitrogens with one attached hydrogen (secondary N) is 1. The van der Waals surface area contributed by atoms with Crippen molar-refractivity contribution in [2.45, 2.75) is 50.1 Å². The Morgan fingerprint density at radius 3 is 2.64 bits per heavy atom. The molecule has 1 atom stereocenters. The summed E-state index contributed by atoms with van der Waals surface area (Å²) >= 11 is 0. The highest BCUT2D eigenvalue weighted by molar-refractivity contribution is 4.94. The normalized spacial score (nSPS) is 35.6. The molecule has 1 unspecified atom stereocenters. The molecule has 2 aliphatic rings. The number of ether oxygens (including phenoxy) is 1. The van der Waals surface area contributed by atoms with Gasteiger partial charge in [0.25, 0.3) is 0 Å². The summed E-state index contributed by atoms with van der Waals surface area (Å²) in [6, 6.07) is 0. The van der Waals surface area contributed by atoms with Gasteiger partial charge in [-0.05, 0) is 45.6 Å². The lowest BCUT2D eigenvalue weighted by atomic mass is 9.75. The van der Waals surface area contributed by atoms with Gasteiger partial charge in [-0.2, -0.15) is 0 Å². The van der Waals surface area contributed by atoms with E-state index >= 15 is 0 Å². The Bertz CT molecular complexity index is 195. The summed E-state index contributed by atoms with van der Waals surface area (Å²) in [5.41, 5.74) is 6.52. The molecule has 1 saturated heterocycles. The zero-order valence-corrected chi connectivity index (χ0v) is 9.14. The maximum absolute atomic E-state index is 6.16. The molecule has 3 heteroatoms. The third-order valence-electron chi connectivity index (χ3n) is 3.74. The van der Waals surface area contributed by atoms with Crippen LogP contribution in [0.4, 0.5) is 0 Å². The van der Waals surface area contributed by atoms with E-state index in [1.54, 1.807) is 0 Å². The third kappa shape index (κ3) is 2.27. The van der Waals surface area contributed by atoms with Gasteiger partial charge in [0.1, 0.15) is 0 Å². The molecule has 1 saturated carbocycles. The highest BCUT2D eigenvalue weighted by Crippen LogP contribution is 2.31. The monoisotopic (exact) mass is 198 g/mol. The number of nitrogens with two attached hydrogens (primary N) is 1. The van der Waals surface area contributed by atoms with Gasteiger partial charge in [0.05, 0.1) is 6.61 Å². The Balaban J connectivity index is 1.67. The van der Waals surface area contributed by atoms with Gasteiger partial charge in [-0.3, -0.25) is 0 Å². The minimum atomic E-state index is 0.156. The molecule has 0 amide bonds. The molecule has 14 heavy (non-hydrogen) atoms. The quantitative estimate of drug-likeness (QED) is 0.709. The topological polar surface area (TPSA) is 47.3 Å². The zero-order valence-electron chi connectivity index (χ0n) is 9.14. The van der Waals surface area contributed by atoms with Crippen molar-refractivity contribution >= 4 is 0 Å². The van der Waals surface area contributed by atoms with Crippen molar-refractivity contribution in [1.29, 1.82) is 0 Å². The van der Waals surface area contributed by atoms with E-state index in [-0.39, 0.29) is 11.1 Å². The molecule has 82 valence electrons. The summed E-state index contributed by atoms with van der Waals surface area (Å²) < 4.78 is 5.39. The molecule has 2 rings (SSSR count). The van der Waals surface area contributed by atoms with E-state index < -0.39 is 0 Å². The van der Waals surface area contributed by atoms with Crippen molar-refractivity contribution in [3.05, 3.63) is 0 Å². The molecule has 3 N–H and O–H groups in total.